The quantitative estimate of drug-likeness (QED) is 0.905. The first-order valence-corrected chi connectivity index (χ1v) is 7.83. The van der Waals surface area contributed by atoms with Crippen LogP contribution in [-0.4, -0.2) is 36.5 Å². The lowest BCUT2D eigenvalue weighted by Gasteiger charge is -2.36. The average molecular weight is 290 g/mol. The molecule has 0 saturated carbocycles. The number of likely N-dealkylation sites (tertiary alicyclic amines) is 1. The monoisotopic (exact) mass is 290 g/mol. The molecule has 1 aromatic carbocycles. The molecule has 2 N–H and O–H groups in total. The van der Waals surface area contributed by atoms with Crippen LogP contribution in [0.15, 0.2) is 24.3 Å². The lowest BCUT2D eigenvalue weighted by molar-refractivity contribution is -0.133. The van der Waals surface area contributed by atoms with Gasteiger partial charge in [-0.1, -0.05) is 25.5 Å². The topological polar surface area (TPSA) is 55.6 Å². The molecule has 2 unspecified atom stereocenters. The summed E-state index contributed by atoms with van der Waals surface area (Å²) in [7, 11) is 0. The summed E-state index contributed by atoms with van der Waals surface area (Å²) in [6.45, 7) is 6.17. The largest absolute Gasteiger partial charge is 0.493 e. The van der Waals surface area contributed by atoms with Crippen molar-refractivity contribution in [2.24, 2.45) is 11.7 Å². The number of nitrogens with zero attached hydrogens (tertiary/aromatic N) is 1. The fraction of sp³-hybridized carbons (Fsp3) is 0.588. The molecule has 2 rings (SSSR count). The smallest absolute Gasteiger partial charge is 0.226 e. The van der Waals surface area contributed by atoms with Gasteiger partial charge in [0.05, 0.1) is 13.0 Å². The zero-order chi connectivity index (χ0) is 15.2. The summed E-state index contributed by atoms with van der Waals surface area (Å²) in [6, 6.07) is 8.13. The number of nitrogens with two attached hydrogens (primary N) is 1. The SMILES string of the molecule is CCC1CN(C(=O)CCOc2cccc(C)c2)CCC1N. The minimum absolute atomic E-state index is 0.174. The molecule has 21 heavy (non-hydrogen) atoms. The van der Waals surface area contributed by atoms with E-state index >= 15 is 0 Å². The summed E-state index contributed by atoms with van der Waals surface area (Å²) in [6.07, 6.45) is 2.37. The highest BCUT2D eigenvalue weighted by Crippen LogP contribution is 2.19. The molecule has 1 aliphatic rings. The van der Waals surface area contributed by atoms with Gasteiger partial charge in [0.25, 0.3) is 0 Å². The summed E-state index contributed by atoms with van der Waals surface area (Å²) < 4.78 is 5.65. The maximum Gasteiger partial charge on any atom is 0.226 e. The van der Waals surface area contributed by atoms with Crippen molar-refractivity contribution in [3.63, 3.8) is 0 Å². The first kappa shape index (κ1) is 15.8. The van der Waals surface area contributed by atoms with Gasteiger partial charge >= 0.3 is 0 Å². The van der Waals surface area contributed by atoms with Crippen LogP contribution in [0.4, 0.5) is 0 Å². The van der Waals surface area contributed by atoms with E-state index < -0.39 is 0 Å². The molecule has 1 fully saturated rings. The lowest BCUT2D eigenvalue weighted by atomic mass is 9.90. The zero-order valence-electron chi connectivity index (χ0n) is 13.0. The Morgan fingerprint density at radius 3 is 3.00 bits per heavy atom. The Balaban J connectivity index is 1.77. The number of carbonyl (C=O) groups is 1. The van der Waals surface area contributed by atoms with Gasteiger partial charge in [-0.2, -0.15) is 0 Å². The summed E-state index contributed by atoms with van der Waals surface area (Å²) >= 11 is 0. The van der Waals surface area contributed by atoms with Crippen LogP contribution in [-0.2, 0) is 4.79 Å². The molecule has 2 atom stereocenters. The van der Waals surface area contributed by atoms with Gasteiger partial charge in [-0.05, 0) is 37.0 Å². The van der Waals surface area contributed by atoms with E-state index in [4.69, 9.17) is 10.5 Å². The number of hydrogen-bond acceptors (Lipinski definition) is 3. The predicted molar refractivity (Wildman–Crippen MR) is 84.2 cm³/mol. The molecule has 1 aromatic rings. The number of amides is 1. The van der Waals surface area contributed by atoms with Gasteiger partial charge in [-0.25, -0.2) is 0 Å². The Morgan fingerprint density at radius 2 is 2.29 bits per heavy atom. The van der Waals surface area contributed by atoms with E-state index in [0.717, 1.165) is 37.2 Å². The fourth-order valence-electron chi connectivity index (χ4n) is 2.83. The van der Waals surface area contributed by atoms with E-state index in [1.165, 1.54) is 0 Å². The van der Waals surface area contributed by atoms with Gasteiger partial charge in [0.15, 0.2) is 0 Å². The maximum atomic E-state index is 12.2. The molecule has 0 bridgehead atoms. The Labute approximate surface area is 127 Å². The first-order valence-electron chi connectivity index (χ1n) is 7.83. The van der Waals surface area contributed by atoms with E-state index in [1.807, 2.05) is 36.1 Å². The molecule has 116 valence electrons. The number of carbonyl (C=O) groups excluding carboxylic acids is 1. The van der Waals surface area contributed by atoms with Crippen molar-refractivity contribution < 1.29 is 9.53 Å². The molecule has 0 aliphatic carbocycles. The molecule has 1 amide bonds. The van der Waals surface area contributed by atoms with Crippen LogP contribution in [0.1, 0.15) is 31.7 Å². The van der Waals surface area contributed by atoms with Crippen LogP contribution < -0.4 is 10.5 Å². The second kappa shape index (κ2) is 7.46. The molecule has 4 nitrogen and oxygen atoms in total. The summed E-state index contributed by atoms with van der Waals surface area (Å²) in [5.41, 5.74) is 7.24. The third-order valence-electron chi connectivity index (χ3n) is 4.24. The molecule has 0 spiro atoms. The standard InChI is InChI=1S/C17H26N2O2/c1-3-14-12-19(9-7-16(14)18)17(20)8-10-21-15-6-4-5-13(2)11-15/h4-6,11,14,16H,3,7-10,12,18H2,1-2H3. The van der Waals surface area contributed by atoms with Gasteiger partial charge in [0.2, 0.25) is 5.91 Å². The molecular formula is C17H26N2O2. The van der Waals surface area contributed by atoms with E-state index in [-0.39, 0.29) is 11.9 Å². The Morgan fingerprint density at radius 1 is 1.48 bits per heavy atom. The Kier molecular flexibility index (Phi) is 5.62. The van der Waals surface area contributed by atoms with Crippen molar-refractivity contribution in [2.45, 2.75) is 39.2 Å². The number of aryl methyl sites for hydroxylation is 1. The number of piperidine rings is 1. The van der Waals surface area contributed by atoms with Crippen molar-refractivity contribution >= 4 is 5.91 Å². The van der Waals surface area contributed by atoms with E-state index in [1.54, 1.807) is 0 Å². The third kappa shape index (κ3) is 4.46. The van der Waals surface area contributed by atoms with E-state index in [9.17, 15) is 4.79 Å². The molecule has 0 radical (unpaired) electrons. The normalized spacial score (nSPS) is 22.1. The van der Waals surface area contributed by atoms with Crippen molar-refractivity contribution in [3.8, 4) is 5.75 Å². The van der Waals surface area contributed by atoms with Crippen molar-refractivity contribution in [1.82, 2.24) is 4.90 Å². The number of ether oxygens (including phenoxy) is 1. The molecule has 0 aromatic heterocycles. The van der Waals surface area contributed by atoms with Crippen molar-refractivity contribution in [2.75, 3.05) is 19.7 Å². The molecule has 1 saturated heterocycles. The number of rotatable bonds is 5. The summed E-state index contributed by atoms with van der Waals surface area (Å²) in [5, 5.41) is 0. The fourth-order valence-corrected chi connectivity index (χ4v) is 2.83. The second-order valence-corrected chi connectivity index (χ2v) is 5.88. The van der Waals surface area contributed by atoms with E-state index in [0.29, 0.717) is 18.9 Å². The first-order chi connectivity index (χ1) is 10.1. The molecular weight excluding hydrogens is 264 g/mol. The van der Waals surface area contributed by atoms with Gasteiger partial charge in [-0.3, -0.25) is 4.79 Å². The second-order valence-electron chi connectivity index (χ2n) is 5.88. The summed E-state index contributed by atoms with van der Waals surface area (Å²) in [5.74, 6) is 1.43. The number of benzene rings is 1. The third-order valence-corrected chi connectivity index (χ3v) is 4.24. The van der Waals surface area contributed by atoms with Crippen LogP contribution in [0.2, 0.25) is 0 Å². The minimum atomic E-state index is 0.174. The zero-order valence-corrected chi connectivity index (χ0v) is 13.0. The van der Waals surface area contributed by atoms with Crippen LogP contribution in [0, 0.1) is 12.8 Å². The number of hydrogen-bond donors (Lipinski definition) is 1. The molecule has 4 heteroatoms. The lowest BCUT2D eigenvalue weighted by Crippen LogP contribution is -2.49. The highest BCUT2D eigenvalue weighted by atomic mass is 16.5. The minimum Gasteiger partial charge on any atom is -0.493 e. The van der Waals surface area contributed by atoms with Gasteiger partial charge in [0, 0.05) is 19.1 Å². The Bertz CT molecular complexity index is 476. The molecule has 1 aliphatic heterocycles. The highest BCUT2D eigenvalue weighted by Gasteiger charge is 2.27. The van der Waals surface area contributed by atoms with Crippen LogP contribution in [0.25, 0.3) is 0 Å². The van der Waals surface area contributed by atoms with Crippen molar-refractivity contribution in [1.29, 1.82) is 0 Å². The highest BCUT2D eigenvalue weighted by molar-refractivity contribution is 5.76. The van der Waals surface area contributed by atoms with E-state index in [2.05, 4.69) is 6.92 Å². The summed E-state index contributed by atoms with van der Waals surface area (Å²) in [4.78, 5) is 14.2. The Hall–Kier alpha value is -1.55. The predicted octanol–water partition coefficient (Wildman–Crippen LogP) is 2.35. The average Bonchev–Trinajstić information content (AvgIpc) is 2.47. The van der Waals surface area contributed by atoms with Crippen LogP contribution in [0.3, 0.4) is 0 Å². The van der Waals surface area contributed by atoms with Gasteiger partial charge < -0.3 is 15.4 Å². The van der Waals surface area contributed by atoms with Gasteiger partial charge in [-0.15, -0.1) is 0 Å². The van der Waals surface area contributed by atoms with Crippen LogP contribution >= 0.6 is 0 Å². The van der Waals surface area contributed by atoms with Crippen molar-refractivity contribution in [3.05, 3.63) is 29.8 Å². The molecule has 1 heterocycles. The van der Waals surface area contributed by atoms with Gasteiger partial charge in [0.1, 0.15) is 5.75 Å². The van der Waals surface area contributed by atoms with Crippen LogP contribution in [0.5, 0.6) is 5.75 Å². The maximum absolute atomic E-state index is 12.2.